The van der Waals surface area contributed by atoms with E-state index in [0.717, 1.165) is 0 Å². The molecule has 0 spiro atoms. The number of carbonyl (C=O) groups excluding carboxylic acids is 1. The molecule has 0 bridgehead atoms. The predicted octanol–water partition coefficient (Wildman–Crippen LogP) is -3.65. The van der Waals surface area contributed by atoms with Gasteiger partial charge in [-0.05, 0) is 0 Å². The van der Waals surface area contributed by atoms with Crippen molar-refractivity contribution in [3.05, 3.63) is 7.43 Å². The van der Waals surface area contributed by atoms with Crippen molar-refractivity contribution < 1.29 is 47.9 Å². The third-order valence-electron chi connectivity index (χ3n) is 0.917. The zero-order valence-electron chi connectivity index (χ0n) is 7.41. The second-order valence-electron chi connectivity index (χ2n) is 1.77. The van der Waals surface area contributed by atoms with Crippen molar-refractivity contribution in [2.75, 3.05) is 18.1 Å². The molecular weight excluding hydrogens is 191 g/mol. The molecule has 0 aliphatic heterocycles. The smallest absolute Gasteiger partial charge is 0.542 e. The van der Waals surface area contributed by atoms with E-state index < -0.39 is 9.84 Å². The number of sulfone groups is 1. The van der Waals surface area contributed by atoms with E-state index in [2.05, 4.69) is 0 Å². The van der Waals surface area contributed by atoms with Crippen LogP contribution in [0, 0.1) is 7.43 Å². The summed E-state index contributed by atoms with van der Waals surface area (Å²) in [6, 6.07) is 0. The summed E-state index contributed by atoms with van der Waals surface area (Å²) in [4.78, 5) is 9.60. The molecule has 0 fully saturated rings. The van der Waals surface area contributed by atoms with Crippen molar-refractivity contribution in [2.45, 2.75) is 6.42 Å². The van der Waals surface area contributed by atoms with Gasteiger partial charge in [0.05, 0.1) is 12.4 Å². The molecule has 0 aliphatic carbocycles. The Morgan fingerprint density at radius 1 is 1.25 bits per heavy atom. The van der Waals surface area contributed by atoms with Crippen molar-refractivity contribution in [3.63, 3.8) is 0 Å². The first-order chi connectivity index (χ1) is 4.62. The summed E-state index contributed by atoms with van der Waals surface area (Å²) in [7, 11) is -3.21. The molecule has 0 saturated heterocycles. The van der Waals surface area contributed by atoms with E-state index >= 15 is 0 Å². The van der Waals surface area contributed by atoms with Gasteiger partial charge in [-0.2, -0.15) is 0 Å². The second-order valence-corrected chi connectivity index (χ2v) is 4.07. The Hall–Kier alpha value is 0.580. The maximum absolute atomic E-state index is 10.7. The summed E-state index contributed by atoms with van der Waals surface area (Å²) in [5, 5.41) is 8.22. The van der Waals surface area contributed by atoms with Crippen LogP contribution in [0.25, 0.3) is 0 Å². The first-order valence-corrected chi connectivity index (χ1v) is 4.61. The van der Waals surface area contributed by atoms with Gasteiger partial charge in [0.2, 0.25) is 0 Å². The minimum atomic E-state index is -3.21. The predicted molar refractivity (Wildman–Crippen MR) is 42.5 cm³/mol. The van der Waals surface area contributed by atoms with Gasteiger partial charge in [0, 0.05) is 5.75 Å². The molecular formula is C6H12NaO4S-. The average molecular weight is 203 g/mol. The topological polar surface area (TPSA) is 71.4 Å². The van der Waals surface area contributed by atoms with E-state index in [1.807, 2.05) is 0 Å². The largest absolute Gasteiger partial charge is 1.00 e. The van der Waals surface area contributed by atoms with Gasteiger partial charge in [0.1, 0.15) is 9.84 Å². The summed E-state index contributed by atoms with van der Waals surface area (Å²) >= 11 is 0. The summed E-state index contributed by atoms with van der Waals surface area (Å²) in [6.07, 6.45) is 1.36. The fourth-order valence-electron chi connectivity index (χ4n) is 0.438. The molecule has 0 saturated carbocycles. The van der Waals surface area contributed by atoms with Crippen LogP contribution >= 0.6 is 0 Å². The zero-order valence-corrected chi connectivity index (χ0v) is 10.2. The molecule has 0 aromatic carbocycles. The van der Waals surface area contributed by atoms with Crippen LogP contribution in [-0.4, -0.2) is 37.9 Å². The van der Waals surface area contributed by atoms with Crippen molar-refractivity contribution >= 4 is 16.1 Å². The molecule has 68 valence electrons. The van der Waals surface area contributed by atoms with Crippen molar-refractivity contribution in [1.29, 1.82) is 0 Å². The maximum atomic E-state index is 10.7. The fraction of sp³-hybridized carbons (Fsp3) is 0.667. The molecule has 12 heavy (non-hydrogen) atoms. The van der Waals surface area contributed by atoms with E-state index in [4.69, 9.17) is 5.11 Å². The Labute approximate surface area is 95.6 Å². The summed E-state index contributed by atoms with van der Waals surface area (Å²) in [5.74, 6) is -0.480. The first kappa shape index (κ1) is 18.4. The van der Waals surface area contributed by atoms with E-state index in [9.17, 15) is 13.2 Å². The van der Waals surface area contributed by atoms with Crippen LogP contribution in [0.4, 0.5) is 0 Å². The average Bonchev–Trinajstić information content (AvgIpc) is 1.84. The molecule has 0 rings (SSSR count). The van der Waals surface area contributed by atoms with Crippen molar-refractivity contribution in [1.82, 2.24) is 0 Å². The Bertz CT molecular complexity index is 188. The molecule has 0 aromatic rings. The Kier molecular flexibility index (Phi) is 14.8. The van der Waals surface area contributed by atoms with Gasteiger partial charge in [0.15, 0.2) is 0 Å². The van der Waals surface area contributed by atoms with Crippen molar-refractivity contribution in [3.8, 4) is 0 Å². The van der Waals surface area contributed by atoms with Gasteiger partial charge in [-0.25, -0.2) is 8.42 Å². The van der Waals surface area contributed by atoms with Gasteiger partial charge in [-0.1, -0.05) is 0 Å². The minimum absolute atomic E-state index is 0. The Morgan fingerprint density at radius 3 is 2.08 bits per heavy atom. The van der Waals surface area contributed by atoms with E-state index in [0.29, 0.717) is 0 Å². The van der Waals surface area contributed by atoms with Crippen LogP contribution in [0.2, 0.25) is 0 Å². The van der Waals surface area contributed by atoms with Gasteiger partial charge in [-0.15, -0.1) is 6.42 Å². The Morgan fingerprint density at radius 2 is 1.75 bits per heavy atom. The summed E-state index contributed by atoms with van der Waals surface area (Å²) < 4.78 is 21.3. The number of aliphatic hydroxyl groups excluding tert-OH is 1. The van der Waals surface area contributed by atoms with Gasteiger partial charge >= 0.3 is 29.6 Å². The quantitative estimate of drug-likeness (QED) is 0.369. The number of aliphatic hydroxyl groups is 1. The van der Waals surface area contributed by atoms with Crippen LogP contribution in [0.15, 0.2) is 0 Å². The van der Waals surface area contributed by atoms with Gasteiger partial charge in [0.25, 0.3) is 0 Å². The molecule has 0 radical (unpaired) electrons. The molecule has 0 amide bonds. The third kappa shape index (κ3) is 10.6. The molecule has 0 unspecified atom stereocenters. The Balaban J connectivity index is -0.000000405. The zero-order chi connectivity index (χ0) is 8.04. The monoisotopic (exact) mass is 203 g/mol. The molecule has 1 N–H and O–H groups in total. The first-order valence-electron chi connectivity index (χ1n) is 2.78. The maximum Gasteiger partial charge on any atom is 1.00 e. The number of hydrogen-bond acceptors (Lipinski definition) is 4. The normalized spacial score (nSPS) is 9.42. The standard InChI is InChI=1S/C5H9O4S.CH3.Na/c6-2-1-4-10(8,9)5-3-7;;/h7H,1,3-5H2;1H3;/q2*-1;+1. The minimum Gasteiger partial charge on any atom is -0.542 e. The molecule has 0 heterocycles. The van der Waals surface area contributed by atoms with E-state index in [1.54, 1.807) is 0 Å². The van der Waals surface area contributed by atoms with Crippen LogP contribution in [0.3, 0.4) is 0 Å². The molecule has 4 nitrogen and oxygen atoms in total. The fourth-order valence-corrected chi connectivity index (χ4v) is 1.31. The van der Waals surface area contributed by atoms with Crippen LogP contribution in [-0.2, 0) is 14.6 Å². The van der Waals surface area contributed by atoms with E-state index in [1.165, 1.54) is 6.29 Å². The molecule has 0 aromatic heterocycles. The number of hydrogen-bond donors (Lipinski definition) is 1. The molecule has 0 atom stereocenters. The van der Waals surface area contributed by atoms with Crippen LogP contribution in [0.1, 0.15) is 6.42 Å². The SMILES string of the molecule is O=[C-]CCS(=O)(=O)CCO.[CH3-].[Na+]. The summed E-state index contributed by atoms with van der Waals surface area (Å²) in [5.41, 5.74) is 0. The summed E-state index contributed by atoms with van der Waals surface area (Å²) in [6.45, 7) is -0.388. The molecule has 0 aliphatic rings. The molecule has 6 heteroatoms. The van der Waals surface area contributed by atoms with Crippen molar-refractivity contribution in [2.24, 2.45) is 0 Å². The van der Waals surface area contributed by atoms with E-state index in [-0.39, 0.29) is 61.5 Å². The number of rotatable bonds is 5. The second kappa shape index (κ2) is 9.67. The van der Waals surface area contributed by atoms with Crippen LogP contribution in [0.5, 0.6) is 0 Å². The van der Waals surface area contributed by atoms with Crippen LogP contribution < -0.4 is 29.6 Å². The third-order valence-corrected chi connectivity index (χ3v) is 2.55. The van der Waals surface area contributed by atoms with Gasteiger partial charge in [-0.3, -0.25) is 6.29 Å². The van der Waals surface area contributed by atoms with Gasteiger partial charge < -0.3 is 17.3 Å².